The molecule has 0 aromatic carbocycles. The Kier molecular flexibility index (Phi) is 27.0. The van der Waals surface area contributed by atoms with Gasteiger partial charge in [0, 0.05) is 126 Å². The molecule has 0 radical (unpaired) electrons. The third-order valence-electron chi connectivity index (χ3n) is 13.5. The van der Waals surface area contributed by atoms with Gasteiger partial charge in [0.1, 0.15) is 48.3 Å². The lowest BCUT2D eigenvalue weighted by Gasteiger charge is -2.39. The molecular weight excluding hydrogens is 1100 g/mol. The van der Waals surface area contributed by atoms with Gasteiger partial charge in [0.25, 0.3) is 0 Å². The Bertz CT molecular complexity index is 1810. The number of hydrogen-bond acceptors (Lipinski definition) is 12. The van der Waals surface area contributed by atoms with Gasteiger partial charge in [-0.1, -0.05) is 0 Å². The highest BCUT2D eigenvalue weighted by Crippen LogP contribution is 2.17. The van der Waals surface area contributed by atoms with E-state index in [0.717, 1.165) is 30.7 Å². The van der Waals surface area contributed by atoms with Gasteiger partial charge in [0.2, 0.25) is 53.2 Å². The number of likely N-dealkylation sites (N-methyl/N-ethyl adjacent to an activating group) is 11. The maximum absolute atomic E-state index is 13.7. The van der Waals surface area contributed by atoms with Crippen LogP contribution in [0.1, 0.15) is 69.2 Å². The number of halogens is 2. The van der Waals surface area contributed by atoms with E-state index < -0.39 is 119 Å². The molecule has 0 bridgehead atoms. The summed E-state index contributed by atoms with van der Waals surface area (Å²) >= 11 is 4.24. The van der Waals surface area contributed by atoms with E-state index in [9.17, 15) is 48.3 Å². The van der Waals surface area contributed by atoms with Crippen molar-refractivity contribution in [2.24, 2.45) is 0 Å². The topological polar surface area (TPSA) is 244 Å². The summed E-state index contributed by atoms with van der Waals surface area (Å²) in [7, 11) is 15.9. The molecule has 10 atom stereocenters. The number of nitrogens with zero attached hydrogens (tertiary/aromatic N) is 11. The molecule has 0 saturated heterocycles. The molecule has 0 fully saturated rings. The SMILES string of the molecule is CC1C(=O)N(C)[C@H](C)C(=O)N(C)C=C([O-])N(C)[C@@H](C)C(=O)N(C)[C@H](C)CN(C)[C@H](C)C(=O)N(C)[C@H](C)C(=O)N(C)[C@@H](C)C(=O)N(C)[C@H](C)C(=O)N(C)[C@H](C)C(=O)N(C)[C@H](C)C(=O)N1C.II.O. The minimum absolute atomic E-state index is 0. The van der Waals surface area contributed by atoms with Crippen LogP contribution in [-0.2, 0) is 43.2 Å². The van der Waals surface area contributed by atoms with Crippen molar-refractivity contribution in [2.75, 3.05) is 84.1 Å². The quantitative estimate of drug-likeness (QED) is 0.265. The first-order valence-electron chi connectivity index (χ1n) is 21.6. The summed E-state index contributed by atoms with van der Waals surface area (Å²) in [6.45, 7) is 15.7. The average molecular weight is 1180 g/mol. The van der Waals surface area contributed by atoms with Crippen molar-refractivity contribution in [2.45, 2.75) is 130 Å². The first kappa shape index (κ1) is 65.0. The average Bonchev–Trinajstić information content (AvgIpc) is 3.31. The summed E-state index contributed by atoms with van der Waals surface area (Å²) < 4.78 is 0. The summed E-state index contributed by atoms with van der Waals surface area (Å²) in [6, 6.07) is -9.66. The number of rotatable bonds is 0. The van der Waals surface area contributed by atoms with Crippen LogP contribution in [-0.4, -0.2) is 257 Å². The van der Waals surface area contributed by atoms with Gasteiger partial charge in [-0.3, -0.25) is 48.1 Å². The van der Waals surface area contributed by atoms with E-state index in [1.165, 1.54) is 129 Å². The highest BCUT2D eigenvalue weighted by molar-refractivity contribution is 15.0. The van der Waals surface area contributed by atoms with Crippen molar-refractivity contribution >= 4 is 90.4 Å². The van der Waals surface area contributed by atoms with Crippen molar-refractivity contribution in [1.29, 1.82) is 0 Å². The van der Waals surface area contributed by atoms with Crippen LogP contribution >= 0.6 is 37.2 Å². The largest absolute Gasteiger partial charge is 0.859 e. The van der Waals surface area contributed by atoms with E-state index in [0.29, 0.717) is 0 Å². The van der Waals surface area contributed by atoms with Gasteiger partial charge in [-0.2, -0.15) is 0 Å². The maximum atomic E-state index is 13.7. The normalized spacial score (nSPS) is 29.6. The fraction of sp³-hybridized carbons (Fsp3) is 0.744. The Balaban J connectivity index is 0. The van der Waals surface area contributed by atoms with E-state index in [1.54, 1.807) is 46.7 Å². The van der Waals surface area contributed by atoms with Crippen LogP contribution in [0.25, 0.3) is 0 Å². The van der Waals surface area contributed by atoms with Crippen LogP contribution < -0.4 is 5.11 Å². The zero-order chi connectivity index (χ0) is 52.3. The number of carbonyl (C=O) groups excluding carboxylic acids is 9. The van der Waals surface area contributed by atoms with Crippen molar-refractivity contribution in [1.82, 2.24) is 53.9 Å². The van der Waals surface area contributed by atoms with E-state index in [1.807, 2.05) is 0 Å². The Hall–Kier alpha value is -4.05. The molecule has 1 rings (SSSR count). The third-order valence-corrected chi connectivity index (χ3v) is 13.5. The van der Waals surface area contributed by atoms with E-state index in [-0.39, 0.29) is 12.0 Å². The van der Waals surface area contributed by atoms with Crippen LogP contribution in [0.2, 0.25) is 0 Å². The van der Waals surface area contributed by atoms with Crippen LogP contribution in [0, 0.1) is 0 Å². The van der Waals surface area contributed by atoms with Crippen molar-refractivity contribution in [3.63, 3.8) is 0 Å². The van der Waals surface area contributed by atoms with Crippen molar-refractivity contribution < 1.29 is 53.7 Å². The third kappa shape index (κ3) is 15.5. The lowest BCUT2D eigenvalue weighted by Crippen LogP contribution is -2.59. The zero-order valence-electron chi connectivity index (χ0n) is 43.3. The Morgan fingerprint density at radius 1 is 0.358 bits per heavy atom. The maximum Gasteiger partial charge on any atom is 0.248 e. The second-order valence-corrected chi connectivity index (χ2v) is 17.5. The van der Waals surface area contributed by atoms with Gasteiger partial charge in [-0.15, -0.1) is 0 Å². The van der Waals surface area contributed by atoms with Gasteiger partial charge >= 0.3 is 0 Å². The highest BCUT2D eigenvalue weighted by atomic mass is 128. The van der Waals surface area contributed by atoms with Crippen LogP contribution in [0.5, 0.6) is 0 Å². The molecule has 0 spiro atoms. The second-order valence-electron chi connectivity index (χ2n) is 17.5. The van der Waals surface area contributed by atoms with Crippen LogP contribution in [0.15, 0.2) is 12.1 Å². The summed E-state index contributed by atoms with van der Waals surface area (Å²) in [5.74, 6) is -5.60. The first-order valence-corrected chi connectivity index (χ1v) is 27.9. The van der Waals surface area contributed by atoms with Crippen molar-refractivity contribution in [3.05, 3.63) is 12.1 Å². The predicted octanol–water partition coefficient (Wildman–Crippen LogP) is -1.02. The van der Waals surface area contributed by atoms with Gasteiger partial charge < -0.3 is 59.6 Å². The predicted molar refractivity (Wildman–Crippen MR) is 270 cm³/mol. The first-order chi connectivity index (χ1) is 30.2. The Labute approximate surface area is 421 Å². The molecule has 0 aromatic heterocycles. The molecular formula is C43H78I2N11O11-. The number of amides is 9. The van der Waals surface area contributed by atoms with E-state index >= 15 is 0 Å². The minimum atomic E-state index is -1.10. The second kappa shape index (κ2) is 27.8. The molecule has 0 aliphatic carbocycles. The highest BCUT2D eigenvalue weighted by Gasteiger charge is 2.39. The molecule has 22 nitrogen and oxygen atoms in total. The van der Waals surface area contributed by atoms with Crippen molar-refractivity contribution in [3.8, 4) is 0 Å². The molecule has 1 aliphatic heterocycles. The number of carbonyl (C=O) groups is 9. The molecule has 0 saturated carbocycles. The fourth-order valence-electron chi connectivity index (χ4n) is 6.93. The molecule has 0 aromatic rings. The van der Waals surface area contributed by atoms with Crippen LogP contribution in [0.4, 0.5) is 0 Å². The fourth-order valence-corrected chi connectivity index (χ4v) is 6.93. The zero-order valence-corrected chi connectivity index (χ0v) is 47.6. The summed E-state index contributed by atoms with van der Waals surface area (Å²) in [5.41, 5.74) is 0. The molecule has 1 aliphatic rings. The lowest BCUT2D eigenvalue weighted by molar-refractivity contribution is -0.334. The van der Waals surface area contributed by atoms with Gasteiger partial charge in [-0.25, -0.2) is 0 Å². The molecule has 24 heteroatoms. The van der Waals surface area contributed by atoms with E-state index in [4.69, 9.17) is 0 Å². The molecule has 1 unspecified atom stereocenters. The molecule has 386 valence electrons. The summed E-state index contributed by atoms with van der Waals surface area (Å²) in [4.78, 5) is 137. The standard InChI is InChI=1S/C43H77N11O10.I2.H2O/c1-24-22-44(11)25(2)36(57)49(16)28(5)39(60)51(18)30(7)41(62)53(20)32(9)43(64)54(21)33(10)42(63)52(19)31(8)40(61)50(17)29(6)38(59)48(15)26(3)35(56)45(12)23-34(55)47(14)27(4)37(58)46(24)13;1-2;/h23-33,55H,22H2,1-21H3;;1H2/p-1/t24-,25-,26-,27+,28-,29?,30+,31-,32-,33-;;/m1../s1. The Morgan fingerprint density at radius 2 is 0.552 bits per heavy atom. The summed E-state index contributed by atoms with van der Waals surface area (Å²) in [6.07, 6.45) is 1.02. The minimum Gasteiger partial charge on any atom is -0.859 e. The molecule has 9 amide bonds. The number of hydrogen-bond donors (Lipinski definition) is 0. The van der Waals surface area contributed by atoms with Crippen LogP contribution in [0.3, 0.4) is 0 Å². The molecule has 1 heterocycles. The molecule has 2 N–H and O–H groups in total. The van der Waals surface area contributed by atoms with Gasteiger partial charge in [0.05, 0.1) is 6.04 Å². The smallest absolute Gasteiger partial charge is 0.248 e. The summed E-state index contributed by atoms with van der Waals surface area (Å²) in [5, 5.41) is 13.4. The van der Waals surface area contributed by atoms with E-state index in [2.05, 4.69) is 37.2 Å². The van der Waals surface area contributed by atoms with Gasteiger partial charge in [0.15, 0.2) is 0 Å². The Morgan fingerprint density at radius 3 is 0.806 bits per heavy atom. The monoisotopic (exact) mass is 1180 g/mol. The van der Waals surface area contributed by atoms with Gasteiger partial charge in [-0.05, 0) is 82.2 Å². The molecule has 67 heavy (non-hydrogen) atoms. The lowest BCUT2D eigenvalue weighted by atomic mass is 10.1.